The highest BCUT2D eigenvalue weighted by atomic mass is 35.5. The molecule has 2 aromatic carbocycles. The Balaban J connectivity index is 1.61. The van der Waals surface area contributed by atoms with Crippen LogP contribution in [0.25, 0.3) is 0 Å². The number of anilines is 1. The SMILES string of the molecule is C[C@H](NC(=O)CCN1C(=O)COc2ccccc21)c1ccc(Cl)cc1Cl. The number of para-hydroxylation sites is 2. The third-order valence-electron chi connectivity index (χ3n) is 4.18. The highest BCUT2D eigenvalue weighted by Gasteiger charge is 2.25. The van der Waals surface area contributed by atoms with Crippen LogP contribution in [0.1, 0.15) is 24.9 Å². The molecule has 7 heteroatoms. The van der Waals surface area contributed by atoms with Gasteiger partial charge < -0.3 is 15.0 Å². The van der Waals surface area contributed by atoms with E-state index in [0.717, 1.165) is 5.56 Å². The molecule has 1 aliphatic rings. The van der Waals surface area contributed by atoms with Crippen LogP contribution in [0, 0.1) is 0 Å². The molecule has 2 aromatic rings. The average molecular weight is 393 g/mol. The van der Waals surface area contributed by atoms with E-state index in [4.69, 9.17) is 27.9 Å². The molecular weight excluding hydrogens is 375 g/mol. The summed E-state index contributed by atoms with van der Waals surface area (Å²) in [7, 11) is 0. The van der Waals surface area contributed by atoms with Crippen molar-refractivity contribution in [1.29, 1.82) is 0 Å². The lowest BCUT2D eigenvalue weighted by atomic mass is 10.1. The molecule has 0 saturated heterocycles. The average Bonchev–Trinajstić information content (AvgIpc) is 2.60. The molecule has 5 nitrogen and oxygen atoms in total. The topological polar surface area (TPSA) is 58.6 Å². The van der Waals surface area contributed by atoms with Crippen molar-refractivity contribution < 1.29 is 14.3 Å². The van der Waals surface area contributed by atoms with E-state index in [2.05, 4.69) is 5.32 Å². The fraction of sp³-hybridized carbons (Fsp3) is 0.263. The Hall–Kier alpha value is -2.24. The molecule has 0 spiro atoms. The Kier molecular flexibility index (Phi) is 5.69. The number of ether oxygens (including phenoxy) is 1. The Labute approximate surface area is 161 Å². The molecule has 1 heterocycles. The fourth-order valence-electron chi connectivity index (χ4n) is 2.86. The maximum Gasteiger partial charge on any atom is 0.265 e. The smallest absolute Gasteiger partial charge is 0.265 e. The van der Waals surface area contributed by atoms with Crippen LogP contribution in [0.3, 0.4) is 0 Å². The van der Waals surface area contributed by atoms with Crippen molar-refractivity contribution in [2.75, 3.05) is 18.1 Å². The number of carbonyl (C=O) groups excluding carboxylic acids is 2. The van der Waals surface area contributed by atoms with E-state index in [1.807, 2.05) is 19.1 Å². The van der Waals surface area contributed by atoms with Crippen LogP contribution in [0.2, 0.25) is 10.0 Å². The molecule has 0 aromatic heterocycles. The minimum Gasteiger partial charge on any atom is -0.482 e. The van der Waals surface area contributed by atoms with Crippen molar-refractivity contribution in [3.8, 4) is 5.75 Å². The maximum atomic E-state index is 12.3. The molecule has 1 aliphatic heterocycles. The van der Waals surface area contributed by atoms with Crippen molar-refractivity contribution in [1.82, 2.24) is 5.32 Å². The van der Waals surface area contributed by atoms with E-state index >= 15 is 0 Å². The minimum atomic E-state index is -0.264. The van der Waals surface area contributed by atoms with Crippen LogP contribution in [0.15, 0.2) is 42.5 Å². The van der Waals surface area contributed by atoms with Crippen LogP contribution in [0.4, 0.5) is 5.69 Å². The third kappa shape index (κ3) is 4.11. The van der Waals surface area contributed by atoms with Gasteiger partial charge in [-0.3, -0.25) is 9.59 Å². The lowest BCUT2D eigenvalue weighted by molar-refractivity contribution is -0.122. The molecule has 3 rings (SSSR count). The first-order valence-electron chi connectivity index (χ1n) is 8.22. The van der Waals surface area contributed by atoms with Crippen LogP contribution >= 0.6 is 23.2 Å². The van der Waals surface area contributed by atoms with Gasteiger partial charge in [0, 0.05) is 23.0 Å². The number of amides is 2. The zero-order chi connectivity index (χ0) is 18.7. The highest BCUT2D eigenvalue weighted by Crippen LogP contribution is 2.31. The van der Waals surface area contributed by atoms with E-state index in [1.54, 1.807) is 35.2 Å². The van der Waals surface area contributed by atoms with Crippen molar-refractivity contribution in [3.63, 3.8) is 0 Å². The number of halogens is 2. The summed E-state index contributed by atoms with van der Waals surface area (Å²) in [6, 6.07) is 12.2. The normalized spacial score (nSPS) is 14.4. The van der Waals surface area contributed by atoms with E-state index in [0.29, 0.717) is 21.5 Å². The largest absolute Gasteiger partial charge is 0.482 e. The van der Waals surface area contributed by atoms with Crippen molar-refractivity contribution in [2.24, 2.45) is 0 Å². The van der Waals surface area contributed by atoms with Crippen molar-refractivity contribution in [2.45, 2.75) is 19.4 Å². The van der Waals surface area contributed by atoms with Crippen molar-refractivity contribution in [3.05, 3.63) is 58.1 Å². The summed E-state index contributed by atoms with van der Waals surface area (Å²) >= 11 is 12.1. The van der Waals surface area contributed by atoms with Gasteiger partial charge in [-0.2, -0.15) is 0 Å². The van der Waals surface area contributed by atoms with Gasteiger partial charge in [0.2, 0.25) is 5.91 Å². The number of nitrogens with zero attached hydrogens (tertiary/aromatic N) is 1. The number of fused-ring (bicyclic) bond motifs is 1. The summed E-state index contributed by atoms with van der Waals surface area (Å²) < 4.78 is 5.40. The second kappa shape index (κ2) is 7.98. The van der Waals surface area contributed by atoms with E-state index in [9.17, 15) is 9.59 Å². The van der Waals surface area contributed by atoms with Gasteiger partial charge in [-0.1, -0.05) is 41.4 Å². The number of carbonyl (C=O) groups is 2. The summed E-state index contributed by atoms with van der Waals surface area (Å²) in [4.78, 5) is 26.0. The van der Waals surface area contributed by atoms with E-state index in [1.165, 1.54) is 0 Å². The van der Waals surface area contributed by atoms with E-state index < -0.39 is 0 Å². The lowest BCUT2D eigenvalue weighted by Gasteiger charge is -2.29. The third-order valence-corrected chi connectivity index (χ3v) is 4.74. The quantitative estimate of drug-likeness (QED) is 0.836. The number of hydrogen-bond acceptors (Lipinski definition) is 3. The molecule has 2 amide bonds. The first-order chi connectivity index (χ1) is 12.5. The predicted molar refractivity (Wildman–Crippen MR) is 102 cm³/mol. The summed E-state index contributed by atoms with van der Waals surface area (Å²) in [5.41, 5.74) is 1.47. The fourth-order valence-corrected chi connectivity index (χ4v) is 3.43. The Morgan fingerprint density at radius 3 is 2.81 bits per heavy atom. The molecule has 0 fully saturated rings. The zero-order valence-electron chi connectivity index (χ0n) is 14.2. The van der Waals surface area contributed by atoms with Gasteiger partial charge in [0.05, 0.1) is 11.7 Å². The molecule has 26 heavy (non-hydrogen) atoms. The predicted octanol–water partition coefficient (Wildman–Crippen LogP) is 3.99. The van der Waals surface area contributed by atoms with Gasteiger partial charge in [-0.15, -0.1) is 0 Å². The second-order valence-corrected chi connectivity index (χ2v) is 6.85. The summed E-state index contributed by atoms with van der Waals surface area (Å²) in [6.07, 6.45) is 0.176. The second-order valence-electron chi connectivity index (χ2n) is 6.01. The van der Waals surface area contributed by atoms with Crippen LogP contribution in [-0.4, -0.2) is 25.0 Å². The molecule has 0 saturated carbocycles. The number of hydrogen-bond donors (Lipinski definition) is 1. The summed E-state index contributed by atoms with van der Waals surface area (Å²) in [5, 5.41) is 3.94. The summed E-state index contributed by atoms with van der Waals surface area (Å²) in [6.45, 7) is 2.11. The lowest BCUT2D eigenvalue weighted by Crippen LogP contribution is -2.41. The minimum absolute atomic E-state index is 0.0184. The number of nitrogens with one attached hydrogen (secondary N) is 1. The maximum absolute atomic E-state index is 12.3. The molecule has 0 bridgehead atoms. The highest BCUT2D eigenvalue weighted by molar-refractivity contribution is 6.35. The Morgan fingerprint density at radius 2 is 2.04 bits per heavy atom. The summed E-state index contributed by atoms with van der Waals surface area (Å²) in [5.74, 6) is 0.319. The number of rotatable bonds is 5. The van der Waals surface area contributed by atoms with Gasteiger partial charge in [0.15, 0.2) is 6.61 Å². The Morgan fingerprint density at radius 1 is 1.27 bits per heavy atom. The monoisotopic (exact) mass is 392 g/mol. The zero-order valence-corrected chi connectivity index (χ0v) is 15.7. The Bertz CT molecular complexity index is 841. The first-order valence-corrected chi connectivity index (χ1v) is 8.98. The molecule has 1 N–H and O–H groups in total. The van der Waals surface area contributed by atoms with Crippen LogP contribution in [-0.2, 0) is 9.59 Å². The molecule has 1 atom stereocenters. The molecule has 0 aliphatic carbocycles. The first kappa shape index (κ1) is 18.5. The molecule has 0 radical (unpaired) electrons. The van der Waals surface area contributed by atoms with Crippen LogP contribution < -0.4 is 15.0 Å². The van der Waals surface area contributed by atoms with Crippen molar-refractivity contribution >= 4 is 40.7 Å². The van der Waals surface area contributed by atoms with Gasteiger partial charge in [-0.05, 0) is 36.8 Å². The van der Waals surface area contributed by atoms with Gasteiger partial charge >= 0.3 is 0 Å². The van der Waals surface area contributed by atoms with Gasteiger partial charge in [0.1, 0.15) is 5.75 Å². The molecule has 136 valence electrons. The molecular formula is C19H18Cl2N2O3. The van der Waals surface area contributed by atoms with Gasteiger partial charge in [0.25, 0.3) is 5.91 Å². The van der Waals surface area contributed by atoms with E-state index in [-0.39, 0.29) is 37.4 Å². The standard InChI is InChI=1S/C19H18Cl2N2O3/c1-12(14-7-6-13(20)10-15(14)21)22-18(24)8-9-23-16-4-2-3-5-17(16)26-11-19(23)25/h2-7,10,12H,8-9,11H2,1H3,(H,22,24)/t12-/m0/s1. The number of benzene rings is 2. The van der Waals surface area contributed by atoms with Crippen LogP contribution in [0.5, 0.6) is 5.75 Å². The molecule has 0 unspecified atom stereocenters. The van der Waals surface area contributed by atoms with Gasteiger partial charge in [-0.25, -0.2) is 0 Å².